The Morgan fingerprint density at radius 1 is 1.24 bits per heavy atom. The zero-order chi connectivity index (χ0) is 15.6. The van der Waals surface area contributed by atoms with Crippen LogP contribution in [0.2, 0.25) is 0 Å². The fourth-order valence-electron chi connectivity index (χ4n) is 2.56. The Morgan fingerprint density at radius 3 is 2.38 bits per heavy atom. The maximum atomic E-state index is 12.1. The van der Waals surface area contributed by atoms with Crippen molar-refractivity contribution in [2.24, 2.45) is 0 Å². The average molecular weight is 286 g/mol. The molecule has 0 aliphatic carbocycles. The highest BCUT2D eigenvalue weighted by Crippen LogP contribution is 2.24. The molecule has 1 heterocycles. The van der Waals surface area contributed by atoms with Crippen molar-refractivity contribution in [1.29, 1.82) is 0 Å². The number of hydrogen-bond donors (Lipinski definition) is 0. The van der Waals surface area contributed by atoms with Crippen LogP contribution >= 0.6 is 0 Å². The predicted octanol–water partition coefficient (Wildman–Crippen LogP) is 3.79. The fourth-order valence-corrected chi connectivity index (χ4v) is 2.56. The molecular weight excluding hydrogens is 264 g/mol. The molecule has 21 heavy (non-hydrogen) atoms. The number of carbonyl (C=O) groups is 1. The second-order valence-corrected chi connectivity index (χ2v) is 5.58. The molecule has 1 aromatic heterocycles. The van der Waals surface area contributed by atoms with Crippen LogP contribution in [0.5, 0.6) is 0 Å². The molecule has 0 N–H and O–H groups in total. The Kier molecular flexibility index (Phi) is 4.46. The lowest BCUT2D eigenvalue weighted by Crippen LogP contribution is -2.11. The van der Waals surface area contributed by atoms with E-state index in [1.807, 2.05) is 4.68 Å². The first kappa shape index (κ1) is 15.3. The van der Waals surface area contributed by atoms with E-state index in [4.69, 9.17) is 4.74 Å². The van der Waals surface area contributed by atoms with E-state index < -0.39 is 0 Å². The van der Waals surface area contributed by atoms with Crippen molar-refractivity contribution < 1.29 is 9.53 Å². The number of nitrogens with zero attached hydrogens (tertiary/aromatic N) is 2. The van der Waals surface area contributed by atoms with E-state index in [9.17, 15) is 4.79 Å². The minimum Gasteiger partial charge on any atom is -0.462 e. The summed E-state index contributed by atoms with van der Waals surface area (Å²) >= 11 is 0. The summed E-state index contributed by atoms with van der Waals surface area (Å²) in [7, 11) is 0. The van der Waals surface area contributed by atoms with Gasteiger partial charge in [-0.25, -0.2) is 9.48 Å². The SMILES string of the molecule is CCOC(=O)c1cnn(-c2cc(C)cc(C)c2)c1C(C)C. The zero-order valence-electron chi connectivity index (χ0n) is 13.3. The molecule has 0 saturated heterocycles. The molecule has 0 spiro atoms. The molecule has 112 valence electrons. The maximum Gasteiger partial charge on any atom is 0.341 e. The molecule has 0 aliphatic heterocycles. The quantitative estimate of drug-likeness (QED) is 0.803. The van der Waals surface area contributed by atoms with Gasteiger partial charge in [-0.15, -0.1) is 0 Å². The number of aryl methyl sites for hydroxylation is 2. The predicted molar refractivity (Wildman–Crippen MR) is 83.1 cm³/mol. The second-order valence-electron chi connectivity index (χ2n) is 5.58. The van der Waals surface area contributed by atoms with E-state index in [0.717, 1.165) is 11.4 Å². The Hall–Kier alpha value is -2.10. The van der Waals surface area contributed by atoms with Gasteiger partial charge in [0.15, 0.2) is 0 Å². The number of carbonyl (C=O) groups excluding carboxylic acids is 1. The Balaban J connectivity index is 2.56. The molecule has 0 atom stereocenters. The summed E-state index contributed by atoms with van der Waals surface area (Å²) in [5, 5.41) is 4.41. The highest BCUT2D eigenvalue weighted by molar-refractivity contribution is 5.90. The number of ether oxygens (including phenoxy) is 1. The van der Waals surface area contributed by atoms with E-state index in [1.54, 1.807) is 13.1 Å². The number of rotatable bonds is 4. The van der Waals surface area contributed by atoms with Gasteiger partial charge < -0.3 is 4.74 Å². The van der Waals surface area contributed by atoms with Crippen molar-refractivity contribution in [3.8, 4) is 5.69 Å². The van der Waals surface area contributed by atoms with Gasteiger partial charge in [-0.2, -0.15) is 5.10 Å². The summed E-state index contributed by atoms with van der Waals surface area (Å²) in [5.41, 5.74) is 4.76. The van der Waals surface area contributed by atoms with E-state index in [1.165, 1.54) is 11.1 Å². The lowest BCUT2D eigenvalue weighted by molar-refractivity contribution is 0.0524. The van der Waals surface area contributed by atoms with Gasteiger partial charge in [0, 0.05) is 0 Å². The third-order valence-corrected chi connectivity index (χ3v) is 3.30. The third-order valence-electron chi connectivity index (χ3n) is 3.30. The van der Waals surface area contributed by atoms with E-state index in [2.05, 4.69) is 51.0 Å². The molecule has 0 radical (unpaired) electrons. The van der Waals surface area contributed by atoms with Crippen molar-refractivity contribution in [3.05, 3.63) is 46.8 Å². The smallest absolute Gasteiger partial charge is 0.341 e. The van der Waals surface area contributed by atoms with Crippen molar-refractivity contribution in [3.63, 3.8) is 0 Å². The fraction of sp³-hybridized carbons (Fsp3) is 0.412. The monoisotopic (exact) mass is 286 g/mol. The number of hydrogen-bond acceptors (Lipinski definition) is 3. The lowest BCUT2D eigenvalue weighted by Gasteiger charge is -2.13. The van der Waals surface area contributed by atoms with Crippen LogP contribution in [0.25, 0.3) is 5.69 Å². The van der Waals surface area contributed by atoms with Crippen LogP contribution < -0.4 is 0 Å². The minimum atomic E-state index is -0.308. The highest BCUT2D eigenvalue weighted by Gasteiger charge is 2.21. The molecule has 1 aromatic carbocycles. The van der Waals surface area contributed by atoms with Crippen molar-refractivity contribution in [2.75, 3.05) is 6.61 Å². The lowest BCUT2D eigenvalue weighted by atomic mass is 10.1. The van der Waals surface area contributed by atoms with Crippen LogP contribution in [0.1, 0.15) is 53.9 Å². The maximum absolute atomic E-state index is 12.1. The Labute approximate surface area is 125 Å². The van der Waals surface area contributed by atoms with Crippen LogP contribution in [-0.2, 0) is 4.74 Å². The van der Waals surface area contributed by atoms with Gasteiger partial charge in [0.25, 0.3) is 0 Å². The molecule has 2 aromatic rings. The first-order chi connectivity index (χ1) is 9.93. The van der Waals surface area contributed by atoms with Crippen molar-refractivity contribution in [2.45, 2.75) is 40.5 Å². The van der Waals surface area contributed by atoms with E-state index in [-0.39, 0.29) is 11.9 Å². The summed E-state index contributed by atoms with van der Waals surface area (Å²) in [5.74, 6) is -0.135. The van der Waals surface area contributed by atoms with Gasteiger partial charge in [0.05, 0.1) is 24.2 Å². The van der Waals surface area contributed by atoms with E-state index in [0.29, 0.717) is 12.2 Å². The van der Waals surface area contributed by atoms with Gasteiger partial charge in [0.2, 0.25) is 0 Å². The summed E-state index contributed by atoms with van der Waals surface area (Å²) in [6.07, 6.45) is 1.60. The first-order valence-corrected chi connectivity index (χ1v) is 7.27. The topological polar surface area (TPSA) is 44.1 Å². The molecule has 0 unspecified atom stereocenters. The standard InChI is InChI=1S/C17H22N2O2/c1-6-21-17(20)15-10-18-19(16(15)11(2)3)14-8-12(4)7-13(5)9-14/h7-11H,6H2,1-5H3. The van der Waals surface area contributed by atoms with Crippen LogP contribution in [0.3, 0.4) is 0 Å². The molecule has 2 rings (SSSR count). The van der Waals surface area contributed by atoms with Crippen LogP contribution in [-0.4, -0.2) is 22.4 Å². The van der Waals surface area contributed by atoms with Crippen molar-refractivity contribution >= 4 is 5.97 Å². The van der Waals surface area contributed by atoms with Gasteiger partial charge in [0.1, 0.15) is 5.56 Å². The number of benzene rings is 1. The molecule has 0 fully saturated rings. The second kappa shape index (κ2) is 6.12. The molecular formula is C17H22N2O2. The van der Waals surface area contributed by atoms with Crippen LogP contribution in [0.15, 0.2) is 24.4 Å². The van der Waals surface area contributed by atoms with Crippen LogP contribution in [0, 0.1) is 13.8 Å². The van der Waals surface area contributed by atoms with Crippen molar-refractivity contribution in [1.82, 2.24) is 9.78 Å². The highest BCUT2D eigenvalue weighted by atomic mass is 16.5. The average Bonchev–Trinajstić information content (AvgIpc) is 2.82. The molecule has 0 aliphatic rings. The number of aromatic nitrogens is 2. The molecule has 0 amide bonds. The Bertz CT molecular complexity index is 637. The summed E-state index contributed by atoms with van der Waals surface area (Å²) < 4.78 is 6.97. The molecule has 0 bridgehead atoms. The normalized spacial score (nSPS) is 11.0. The number of esters is 1. The largest absolute Gasteiger partial charge is 0.462 e. The summed E-state index contributed by atoms with van der Waals surface area (Å²) in [6, 6.07) is 6.26. The summed E-state index contributed by atoms with van der Waals surface area (Å²) in [6.45, 7) is 10.4. The van der Waals surface area contributed by atoms with Gasteiger partial charge in [-0.1, -0.05) is 19.9 Å². The minimum absolute atomic E-state index is 0.174. The first-order valence-electron chi connectivity index (χ1n) is 7.27. The van der Waals surface area contributed by atoms with E-state index >= 15 is 0 Å². The molecule has 0 saturated carbocycles. The Morgan fingerprint density at radius 2 is 1.86 bits per heavy atom. The van der Waals surface area contributed by atoms with Gasteiger partial charge >= 0.3 is 5.97 Å². The van der Waals surface area contributed by atoms with Gasteiger partial charge in [-0.3, -0.25) is 0 Å². The zero-order valence-corrected chi connectivity index (χ0v) is 13.3. The third kappa shape index (κ3) is 3.15. The van der Waals surface area contributed by atoms with Crippen LogP contribution in [0.4, 0.5) is 0 Å². The van der Waals surface area contributed by atoms with Gasteiger partial charge in [-0.05, 0) is 49.9 Å². The summed E-state index contributed by atoms with van der Waals surface area (Å²) in [4.78, 5) is 12.1. The molecule has 4 nitrogen and oxygen atoms in total. The molecule has 4 heteroatoms.